The summed E-state index contributed by atoms with van der Waals surface area (Å²) in [5, 5.41) is 0. The molecule has 0 aromatic heterocycles. The first-order chi connectivity index (χ1) is 6.75. The van der Waals surface area contributed by atoms with E-state index in [9.17, 15) is 4.39 Å². The first kappa shape index (κ1) is 9.99. The number of rotatable bonds is 4. The molecule has 0 amide bonds. The summed E-state index contributed by atoms with van der Waals surface area (Å²) in [7, 11) is 0. The van der Waals surface area contributed by atoms with Gasteiger partial charge in [0.1, 0.15) is 5.82 Å². The van der Waals surface area contributed by atoms with E-state index in [0.29, 0.717) is 6.04 Å². The van der Waals surface area contributed by atoms with Crippen molar-refractivity contribution < 1.29 is 4.39 Å². The molecule has 2 rings (SSSR count). The zero-order valence-electron chi connectivity index (χ0n) is 7.95. The van der Waals surface area contributed by atoms with Gasteiger partial charge in [-0.15, -0.1) is 11.8 Å². The molecule has 0 bridgehead atoms. The number of thioether (sulfide) groups is 1. The molecule has 0 aliphatic heterocycles. The number of hydrogen-bond donors (Lipinski definition) is 1. The Morgan fingerprint density at radius 1 is 1.36 bits per heavy atom. The van der Waals surface area contributed by atoms with Crippen molar-refractivity contribution in [1.82, 2.24) is 0 Å². The lowest BCUT2D eigenvalue weighted by molar-refractivity contribution is 0.626. The van der Waals surface area contributed by atoms with E-state index in [4.69, 9.17) is 5.73 Å². The summed E-state index contributed by atoms with van der Waals surface area (Å²) in [5.74, 6) is 1.50. The highest BCUT2D eigenvalue weighted by atomic mass is 32.2. The summed E-state index contributed by atoms with van der Waals surface area (Å²) in [4.78, 5) is 1.10. The van der Waals surface area contributed by atoms with Crippen LogP contribution in [0.15, 0.2) is 29.2 Å². The largest absolute Gasteiger partial charge is 0.327 e. The third-order valence-corrected chi connectivity index (χ3v) is 3.64. The fourth-order valence-corrected chi connectivity index (χ4v) is 2.37. The second kappa shape index (κ2) is 4.32. The van der Waals surface area contributed by atoms with Crippen LogP contribution in [-0.2, 0) is 0 Å². The van der Waals surface area contributed by atoms with Crippen molar-refractivity contribution in [3.05, 3.63) is 30.1 Å². The van der Waals surface area contributed by atoms with Gasteiger partial charge in [0, 0.05) is 16.7 Å². The molecule has 0 heterocycles. The van der Waals surface area contributed by atoms with Crippen molar-refractivity contribution in [3.8, 4) is 0 Å². The Morgan fingerprint density at radius 2 is 2.00 bits per heavy atom. The summed E-state index contributed by atoms with van der Waals surface area (Å²) in [6, 6.07) is 6.90. The minimum atomic E-state index is -0.180. The highest BCUT2D eigenvalue weighted by molar-refractivity contribution is 7.99. The van der Waals surface area contributed by atoms with E-state index in [2.05, 4.69) is 0 Å². The number of nitrogens with two attached hydrogens (primary N) is 1. The van der Waals surface area contributed by atoms with Crippen LogP contribution in [-0.4, -0.2) is 11.8 Å². The average molecular weight is 211 g/mol. The number of hydrogen-bond acceptors (Lipinski definition) is 2. The molecule has 1 aliphatic carbocycles. The van der Waals surface area contributed by atoms with Crippen molar-refractivity contribution >= 4 is 11.8 Å². The van der Waals surface area contributed by atoms with Crippen LogP contribution in [0.2, 0.25) is 0 Å². The van der Waals surface area contributed by atoms with Gasteiger partial charge in [0.15, 0.2) is 0 Å². The molecule has 1 saturated carbocycles. The van der Waals surface area contributed by atoms with Gasteiger partial charge in [-0.05, 0) is 43.0 Å². The lowest BCUT2D eigenvalue weighted by atomic mass is 10.2. The first-order valence-corrected chi connectivity index (χ1v) is 5.88. The van der Waals surface area contributed by atoms with Gasteiger partial charge >= 0.3 is 0 Å². The Labute approximate surface area is 87.9 Å². The highest BCUT2D eigenvalue weighted by Crippen LogP contribution is 2.33. The van der Waals surface area contributed by atoms with E-state index in [1.165, 1.54) is 25.0 Å². The SMILES string of the molecule is NC(CSc1ccc(F)cc1)C1CC1. The molecule has 0 radical (unpaired) electrons. The molecule has 3 heteroatoms. The third kappa shape index (κ3) is 2.72. The van der Waals surface area contributed by atoms with Gasteiger partial charge in [-0.3, -0.25) is 0 Å². The summed E-state index contributed by atoms with van der Waals surface area (Å²) < 4.78 is 12.6. The monoisotopic (exact) mass is 211 g/mol. The summed E-state index contributed by atoms with van der Waals surface area (Å²) in [6.07, 6.45) is 2.57. The maximum Gasteiger partial charge on any atom is 0.123 e. The molecule has 76 valence electrons. The molecular weight excluding hydrogens is 197 g/mol. The molecule has 14 heavy (non-hydrogen) atoms. The smallest absolute Gasteiger partial charge is 0.123 e. The maximum atomic E-state index is 12.6. The summed E-state index contributed by atoms with van der Waals surface area (Å²) in [6.45, 7) is 0. The summed E-state index contributed by atoms with van der Waals surface area (Å²) in [5.41, 5.74) is 5.96. The average Bonchev–Trinajstić information content (AvgIpc) is 3.00. The zero-order chi connectivity index (χ0) is 9.97. The van der Waals surface area contributed by atoms with Crippen LogP contribution in [0, 0.1) is 11.7 Å². The van der Waals surface area contributed by atoms with Gasteiger partial charge < -0.3 is 5.73 Å². The molecule has 1 aliphatic rings. The van der Waals surface area contributed by atoms with Crippen molar-refractivity contribution in [2.75, 3.05) is 5.75 Å². The van der Waals surface area contributed by atoms with Crippen molar-refractivity contribution in [2.45, 2.75) is 23.8 Å². The Kier molecular flexibility index (Phi) is 3.08. The quantitative estimate of drug-likeness (QED) is 0.775. The highest BCUT2D eigenvalue weighted by Gasteiger charge is 2.28. The first-order valence-electron chi connectivity index (χ1n) is 4.89. The van der Waals surface area contributed by atoms with Crippen LogP contribution in [0.4, 0.5) is 4.39 Å². The van der Waals surface area contributed by atoms with E-state index in [1.54, 1.807) is 23.9 Å². The van der Waals surface area contributed by atoms with Crippen LogP contribution in [0.1, 0.15) is 12.8 Å². The van der Waals surface area contributed by atoms with Crippen molar-refractivity contribution in [3.63, 3.8) is 0 Å². The Balaban J connectivity index is 1.82. The van der Waals surface area contributed by atoms with E-state index in [0.717, 1.165) is 16.6 Å². The van der Waals surface area contributed by atoms with Crippen molar-refractivity contribution in [2.24, 2.45) is 11.7 Å². The normalized spacial score (nSPS) is 18.1. The minimum absolute atomic E-state index is 0.180. The predicted molar refractivity (Wildman–Crippen MR) is 57.8 cm³/mol. The molecule has 1 unspecified atom stereocenters. The van der Waals surface area contributed by atoms with E-state index < -0.39 is 0 Å². The van der Waals surface area contributed by atoms with Crippen LogP contribution in [0.3, 0.4) is 0 Å². The van der Waals surface area contributed by atoms with Crippen LogP contribution in [0.5, 0.6) is 0 Å². The van der Waals surface area contributed by atoms with Gasteiger partial charge in [0.25, 0.3) is 0 Å². The van der Waals surface area contributed by atoms with E-state index in [1.807, 2.05) is 0 Å². The van der Waals surface area contributed by atoms with E-state index >= 15 is 0 Å². The lowest BCUT2D eigenvalue weighted by Gasteiger charge is -2.08. The Bertz CT molecular complexity index is 295. The molecule has 1 nitrogen and oxygen atoms in total. The van der Waals surface area contributed by atoms with Gasteiger partial charge in [-0.1, -0.05) is 0 Å². The van der Waals surface area contributed by atoms with Gasteiger partial charge in [-0.2, -0.15) is 0 Å². The summed E-state index contributed by atoms with van der Waals surface area (Å²) >= 11 is 1.71. The fourth-order valence-electron chi connectivity index (χ4n) is 1.38. The molecule has 1 fully saturated rings. The van der Waals surface area contributed by atoms with Gasteiger partial charge in [-0.25, -0.2) is 4.39 Å². The molecular formula is C11H14FNS. The fraction of sp³-hybridized carbons (Fsp3) is 0.455. The number of benzene rings is 1. The molecule has 1 aromatic carbocycles. The molecule has 1 aromatic rings. The van der Waals surface area contributed by atoms with E-state index in [-0.39, 0.29) is 5.82 Å². The topological polar surface area (TPSA) is 26.0 Å². The molecule has 2 N–H and O–H groups in total. The lowest BCUT2D eigenvalue weighted by Crippen LogP contribution is -2.24. The molecule has 0 saturated heterocycles. The van der Waals surface area contributed by atoms with Crippen LogP contribution >= 0.6 is 11.8 Å². The van der Waals surface area contributed by atoms with Crippen LogP contribution < -0.4 is 5.73 Å². The van der Waals surface area contributed by atoms with Gasteiger partial charge in [0.2, 0.25) is 0 Å². The molecule has 1 atom stereocenters. The second-order valence-electron chi connectivity index (χ2n) is 3.77. The zero-order valence-corrected chi connectivity index (χ0v) is 8.77. The maximum absolute atomic E-state index is 12.6. The predicted octanol–water partition coefficient (Wildman–Crippen LogP) is 2.66. The second-order valence-corrected chi connectivity index (χ2v) is 4.86. The minimum Gasteiger partial charge on any atom is -0.327 e. The van der Waals surface area contributed by atoms with Crippen molar-refractivity contribution in [1.29, 1.82) is 0 Å². The molecule has 0 spiro atoms. The van der Waals surface area contributed by atoms with Crippen LogP contribution in [0.25, 0.3) is 0 Å². The number of halogens is 1. The third-order valence-electron chi connectivity index (χ3n) is 2.48. The van der Waals surface area contributed by atoms with Gasteiger partial charge in [0.05, 0.1) is 0 Å². The Hall–Kier alpha value is -0.540. The standard InChI is InChI=1S/C11H14FNS/c12-9-3-5-10(6-4-9)14-7-11(13)8-1-2-8/h3-6,8,11H,1-2,7,13H2. The Morgan fingerprint density at radius 3 is 2.57 bits per heavy atom.